The summed E-state index contributed by atoms with van der Waals surface area (Å²) in [5, 5.41) is 14.7. The molecule has 0 radical (unpaired) electrons. The Labute approximate surface area is 121 Å². The Balaban J connectivity index is 1.89. The van der Waals surface area contributed by atoms with Gasteiger partial charge in [0.1, 0.15) is 5.75 Å². The number of nitrogen functional groups attached to an aromatic ring is 1. The van der Waals surface area contributed by atoms with Crippen molar-refractivity contribution in [1.29, 1.82) is 5.26 Å². The molecule has 0 aromatic heterocycles. The molecule has 1 heterocycles. The number of rotatable bonds is 2. The predicted molar refractivity (Wildman–Crippen MR) is 79.4 cm³/mol. The molecule has 104 valence electrons. The molecule has 1 amide bonds. The number of hydrogen-bond acceptors (Lipinski definition) is 5. The van der Waals surface area contributed by atoms with Gasteiger partial charge in [-0.05, 0) is 30.3 Å². The number of carbonyl (C=O) groups is 1. The molecule has 1 aliphatic heterocycles. The largest absolute Gasteiger partial charge is 0.482 e. The molecule has 6 nitrogen and oxygen atoms in total. The molecule has 2 aromatic rings. The maximum Gasteiger partial charge on any atom is 0.262 e. The summed E-state index contributed by atoms with van der Waals surface area (Å²) < 4.78 is 5.30. The van der Waals surface area contributed by atoms with Gasteiger partial charge in [0.15, 0.2) is 6.61 Å². The third-order valence-electron chi connectivity index (χ3n) is 3.08. The lowest BCUT2D eigenvalue weighted by Crippen LogP contribution is -2.25. The minimum atomic E-state index is -0.198. The summed E-state index contributed by atoms with van der Waals surface area (Å²) in [6.07, 6.45) is 0. The average Bonchev–Trinajstić information content (AvgIpc) is 2.49. The van der Waals surface area contributed by atoms with E-state index in [0.717, 1.165) is 5.69 Å². The van der Waals surface area contributed by atoms with E-state index >= 15 is 0 Å². The molecule has 0 fully saturated rings. The van der Waals surface area contributed by atoms with E-state index in [1.54, 1.807) is 36.4 Å². The molecule has 2 aromatic carbocycles. The molecular formula is C15H12N4O2. The zero-order valence-corrected chi connectivity index (χ0v) is 11.0. The molecule has 0 saturated carbocycles. The first-order valence-electron chi connectivity index (χ1n) is 6.29. The molecule has 0 bridgehead atoms. The van der Waals surface area contributed by atoms with Gasteiger partial charge in [-0.25, -0.2) is 0 Å². The van der Waals surface area contributed by atoms with Crippen molar-refractivity contribution in [2.45, 2.75) is 0 Å². The molecule has 0 aliphatic carbocycles. The van der Waals surface area contributed by atoms with Crippen molar-refractivity contribution < 1.29 is 9.53 Å². The van der Waals surface area contributed by atoms with Crippen LogP contribution >= 0.6 is 0 Å². The van der Waals surface area contributed by atoms with Crippen LogP contribution in [0.5, 0.6) is 5.75 Å². The van der Waals surface area contributed by atoms with Crippen molar-refractivity contribution >= 4 is 28.7 Å². The van der Waals surface area contributed by atoms with Gasteiger partial charge < -0.3 is 21.1 Å². The van der Waals surface area contributed by atoms with Gasteiger partial charge in [0.05, 0.1) is 28.7 Å². The Morgan fingerprint density at radius 2 is 2.05 bits per heavy atom. The summed E-state index contributed by atoms with van der Waals surface area (Å²) in [6, 6.07) is 12.4. The van der Waals surface area contributed by atoms with Gasteiger partial charge in [-0.15, -0.1) is 0 Å². The summed E-state index contributed by atoms with van der Waals surface area (Å²) in [7, 11) is 0. The first kappa shape index (κ1) is 12.8. The summed E-state index contributed by atoms with van der Waals surface area (Å²) >= 11 is 0. The van der Waals surface area contributed by atoms with E-state index in [-0.39, 0.29) is 12.5 Å². The van der Waals surface area contributed by atoms with Gasteiger partial charge in [-0.1, -0.05) is 0 Å². The quantitative estimate of drug-likeness (QED) is 0.732. The van der Waals surface area contributed by atoms with Crippen molar-refractivity contribution in [2.24, 2.45) is 0 Å². The maximum absolute atomic E-state index is 11.3. The second-order valence-corrected chi connectivity index (χ2v) is 4.59. The number of fused-ring (bicyclic) bond motifs is 1. The highest BCUT2D eigenvalue weighted by atomic mass is 16.5. The third-order valence-corrected chi connectivity index (χ3v) is 3.08. The molecule has 6 heteroatoms. The predicted octanol–water partition coefficient (Wildman–Crippen LogP) is 2.21. The highest BCUT2D eigenvalue weighted by Gasteiger charge is 2.17. The topological polar surface area (TPSA) is 100 Å². The van der Waals surface area contributed by atoms with Gasteiger partial charge in [-0.3, -0.25) is 4.79 Å². The Bertz CT molecular complexity index is 748. The lowest BCUT2D eigenvalue weighted by atomic mass is 10.2. The maximum atomic E-state index is 11.3. The highest BCUT2D eigenvalue weighted by molar-refractivity contribution is 5.97. The number of nitriles is 1. The van der Waals surface area contributed by atoms with Crippen LogP contribution in [0.2, 0.25) is 0 Å². The number of anilines is 4. The molecule has 0 atom stereocenters. The molecule has 3 rings (SSSR count). The second kappa shape index (κ2) is 5.06. The molecular weight excluding hydrogens is 268 g/mol. The van der Waals surface area contributed by atoms with E-state index in [0.29, 0.717) is 28.4 Å². The number of benzene rings is 2. The van der Waals surface area contributed by atoms with Gasteiger partial charge in [0.25, 0.3) is 5.91 Å². The molecule has 21 heavy (non-hydrogen) atoms. The number of carbonyl (C=O) groups excluding carboxylic acids is 1. The fraction of sp³-hybridized carbons (Fsp3) is 0.0667. The van der Waals surface area contributed by atoms with E-state index in [9.17, 15) is 4.79 Å². The van der Waals surface area contributed by atoms with Crippen molar-refractivity contribution in [2.75, 3.05) is 23.0 Å². The van der Waals surface area contributed by atoms with E-state index < -0.39 is 0 Å². The van der Waals surface area contributed by atoms with Crippen molar-refractivity contribution in [3.05, 3.63) is 42.0 Å². The van der Waals surface area contributed by atoms with Crippen molar-refractivity contribution in [3.8, 4) is 11.8 Å². The number of nitrogens with one attached hydrogen (secondary N) is 2. The van der Waals surface area contributed by atoms with Crippen LogP contribution in [0, 0.1) is 11.3 Å². The van der Waals surface area contributed by atoms with Crippen LogP contribution in [-0.2, 0) is 4.79 Å². The fourth-order valence-electron chi connectivity index (χ4n) is 2.03. The number of amides is 1. The van der Waals surface area contributed by atoms with Crippen LogP contribution in [0.3, 0.4) is 0 Å². The Hall–Kier alpha value is -3.20. The van der Waals surface area contributed by atoms with Crippen LogP contribution < -0.4 is 21.1 Å². The monoisotopic (exact) mass is 280 g/mol. The molecule has 0 spiro atoms. The molecule has 1 aliphatic rings. The summed E-state index contributed by atoms with van der Waals surface area (Å²) in [6.45, 7) is -0.00512. The Morgan fingerprint density at radius 3 is 2.76 bits per heavy atom. The van der Waals surface area contributed by atoms with Crippen molar-refractivity contribution in [3.63, 3.8) is 0 Å². The summed E-state index contributed by atoms with van der Waals surface area (Å²) in [5.74, 6) is 0.356. The van der Waals surface area contributed by atoms with Gasteiger partial charge >= 0.3 is 0 Å². The SMILES string of the molecule is N#Cc1ccc(Nc2cc3c(cc2N)OCC(=O)N3)cc1. The minimum absolute atomic E-state index is 0.00512. The average molecular weight is 280 g/mol. The number of nitrogens with two attached hydrogens (primary N) is 1. The normalized spacial score (nSPS) is 12.6. The second-order valence-electron chi connectivity index (χ2n) is 4.59. The van der Waals surface area contributed by atoms with Crippen LogP contribution in [0.25, 0.3) is 0 Å². The van der Waals surface area contributed by atoms with Gasteiger partial charge in [0.2, 0.25) is 0 Å². The molecule has 4 N–H and O–H groups in total. The first-order chi connectivity index (χ1) is 10.2. The minimum Gasteiger partial charge on any atom is -0.482 e. The fourth-order valence-corrected chi connectivity index (χ4v) is 2.03. The summed E-state index contributed by atoms with van der Waals surface area (Å²) in [4.78, 5) is 11.3. The Kier molecular flexibility index (Phi) is 3.09. The third kappa shape index (κ3) is 2.58. The zero-order chi connectivity index (χ0) is 14.8. The number of hydrogen-bond donors (Lipinski definition) is 3. The van der Waals surface area contributed by atoms with Crippen LogP contribution in [-0.4, -0.2) is 12.5 Å². The van der Waals surface area contributed by atoms with Crippen LogP contribution in [0.1, 0.15) is 5.56 Å². The van der Waals surface area contributed by atoms with Gasteiger partial charge in [-0.2, -0.15) is 5.26 Å². The van der Waals surface area contributed by atoms with E-state index in [2.05, 4.69) is 16.7 Å². The van der Waals surface area contributed by atoms with Crippen LogP contribution in [0.4, 0.5) is 22.7 Å². The number of ether oxygens (including phenoxy) is 1. The van der Waals surface area contributed by atoms with Gasteiger partial charge in [0, 0.05) is 11.8 Å². The van der Waals surface area contributed by atoms with E-state index in [4.69, 9.17) is 15.7 Å². The smallest absolute Gasteiger partial charge is 0.262 e. The highest BCUT2D eigenvalue weighted by Crippen LogP contribution is 2.36. The summed E-state index contributed by atoms with van der Waals surface area (Å²) in [5.41, 5.74) is 9.10. The van der Waals surface area contributed by atoms with E-state index in [1.807, 2.05) is 0 Å². The molecule has 0 unspecified atom stereocenters. The first-order valence-corrected chi connectivity index (χ1v) is 6.29. The Morgan fingerprint density at radius 1 is 1.29 bits per heavy atom. The standard InChI is InChI=1S/C15H12N4O2/c16-7-9-1-3-10(4-2-9)18-12-6-13-14(5-11(12)17)21-8-15(20)19-13/h1-6,18H,8,17H2,(H,19,20). The lowest BCUT2D eigenvalue weighted by Gasteiger charge is -2.20. The number of nitrogens with zero attached hydrogens (tertiary/aromatic N) is 1. The lowest BCUT2D eigenvalue weighted by molar-refractivity contribution is -0.118. The molecule has 0 saturated heterocycles. The zero-order valence-electron chi connectivity index (χ0n) is 11.0. The van der Waals surface area contributed by atoms with Crippen molar-refractivity contribution in [1.82, 2.24) is 0 Å². The van der Waals surface area contributed by atoms with E-state index in [1.165, 1.54) is 0 Å². The van der Waals surface area contributed by atoms with Crippen LogP contribution in [0.15, 0.2) is 36.4 Å².